The molecule has 1 aromatic carbocycles. The van der Waals surface area contributed by atoms with E-state index in [2.05, 4.69) is 49.8 Å². The van der Waals surface area contributed by atoms with Gasteiger partial charge in [0.1, 0.15) is 5.69 Å². The number of benzene rings is 1. The summed E-state index contributed by atoms with van der Waals surface area (Å²) in [6, 6.07) is 8.42. The van der Waals surface area contributed by atoms with Gasteiger partial charge in [0.15, 0.2) is 0 Å². The molecule has 202 valence electrons. The van der Waals surface area contributed by atoms with Gasteiger partial charge in [0.25, 0.3) is 5.92 Å². The molecule has 4 aromatic rings. The van der Waals surface area contributed by atoms with Crippen LogP contribution in [0, 0.1) is 0 Å². The maximum absolute atomic E-state index is 13.7. The Bertz CT molecular complexity index is 1570. The van der Waals surface area contributed by atoms with E-state index in [-0.39, 0.29) is 13.0 Å². The van der Waals surface area contributed by atoms with Crippen LogP contribution in [0.15, 0.2) is 67.0 Å². The number of aromatic nitrogens is 4. The standard InChI is InChI=1S/C31H34F2N6/c1-3-21(19-38-13-10-31(32,33)20-38)14-22(4-2)23-8-9-26-25(15-23)30(37-36-26)27-16-24-28(35-27)17-34-18-29(24)39-11-6-5-7-12-39/h3-4,8-9,14-18,35H,1,5-7,10-13,19-20H2,2H3,(H,36,37)/b21-14+,22-4+. The van der Waals surface area contributed by atoms with Crippen LogP contribution in [-0.2, 0) is 0 Å². The van der Waals surface area contributed by atoms with Gasteiger partial charge in [-0.15, -0.1) is 0 Å². The van der Waals surface area contributed by atoms with Gasteiger partial charge in [0, 0.05) is 43.4 Å². The minimum Gasteiger partial charge on any atom is -0.370 e. The van der Waals surface area contributed by atoms with Crippen LogP contribution >= 0.6 is 0 Å². The number of hydrogen-bond acceptors (Lipinski definition) is 4. The van der Waals surface area contributed by atoms with E-state index in [1.807, 2.05) is 37.5 Å². The quantitative estimate of drug-likeness (QED) is 0.255. The van der Waals surface area contributed by atoms with E-state index in [1.54, 1.807) is 11.0 Å². The van der Waals surface area contributed by atoms with Crippen molar-refractivity contribution >= 4 is 33.1 Å². The molecule has 2 fully saturated rings. The van der Waals surface area contributed by atoms with E-state index in [0.29, 0.717) is 13.1 Å². The highest BCUT2D eigenvalue weighted by molar-refractivity contribution is 6.00. The largest absolute Gasteiger partial charge is 0.370 e. The van der Waals surface area contributed by atoms with Crippen LogP contribution in [-0.4, -0.2) is 63.7 Å². The third-order valence-corrected chi connectivity index (χ3v) is 7.94. The summed E-state index contributed by atoms with van der Waals surface area (Å²) in [4.78, 5) is 12.3. The fourth-order valence-electron chi connectivity index (χ4n) is 5.85. The van der Waals surface area contributed by atoms with Crippen molar-refractivity contribution in [2.45, 2.75) is 38.5 Å². The van der Waals surface area contributed by atoms with E-state index >= 15 is 0 Å². The first-order chi connectivity index (χ1) is 18.9. The van der Waals surface area contributed by atoms with Crippen LogP contribution < -0.4 is 4.90 Å². The Morgan fingerprint density at radius 2 is 1.92 bits per heavy atom. The lowest BCUT2D eigenvalue weighted by molar-refractivity contribution is 0.0131. The second kappa shape index (κ2) is 10.4. The number of anilines is 1. The van der Waals surface area contributed by atoms with Crippen molar-refractivity contribution in [3.8, 4) is 11.4 Å². The van der Waals surface area contributed by atoms with E-state index in [4.69, 9.17) is 0 Å². The molecule has 5 heterocycles. The molecule has 3 aromatic heterocycles. The van der Waals surface area contributed by atoms with Crippen LogP contribution in [0.2, 0.25) is 0 Å². The maximum atomic E-state index is 13.7. The van der Waals surface area contributed by atoms with E-state index < -0.39 is 5.92 Å². The summed E-state index contributed by atoms with van der Waals surface area (Å²) in [6.07, 6.45) is 13.3. The Morgan fingerprint density at radius 1 is 1.08 bits per heavy atom. The van der Waals surface area contributed by atoms with Crippen molar-refractivity contribution in [3.63, 3.8) is 0 Å². The van der Waals surface area contributed by atoms with E-state index in [1.165, 1.54) is 24.9 Å². The number of pyridine rings is 1. The Labute approximate surface area is 227 Å². The highest BCUT2D eigenvalue weighted by Gasteiger charge is 2.37. The van der Waals surface area contributed by atoms with Crippen molar-refractivity contribution < 1.29 is 8.78 Å². The maximum Gasteiger partial charge on any atom is 0.261 e. The number of allylic oxidation sites excluding steroid dienone is 3. The molecule has 6 nitrogen and oxygen atoms in total. The van der Waals surface area contributed by atoms with Gasteiger partial charge in [0.2, 0.25) is 0 Å². The highest BCUT2D eigenvalue weighted by atomic mass is 19.3. The molecule has 8 heteroatoms. The van der Waals surface area contributed by atoms with E-state index in [0.717, 1.165) is 63.0 Å². The van der Waals surface area contributed by atoms with Crippen molar-refractivity contribution in [2.24, 2.45) is 0 Å². The summed E-state index contributed by atoms with van der Waals surface area (Å²) in [5.41, 5.74) is 7.88. The van der Waals surface area contributed by atoms with Crippen molar-refractivity contribution in [2.75, 3.05) is 37.6 Å². The summed E-state index contributed by atoms with van der Waals surface area (Å²) in [5.74, 6) is -2.61. The lowest BCUT2D eigenvalue weighted by Gasteiger charge is -2.28. The number of nitrogens with one attached hydrogen (secondary N) is 2. The highest BCUT2D eigenvalue weighted by Crippen LogP contribution is 2.35. The average Bonchev–Trinajstić information content (AvgIpc) is 3.66. The summed E-state index contributed by atoms with van der Waals surface area (Å²) < 4.78 is 27.4. The number of alkyl halides is 2. The van der Waals surface area contributed by atoms with Gasteiger partial charge in [-0.05, 0) is 61.1 Å². The molecular weight excluding hydrogens is 494 g/mol. The second-order valence-electron chi connectivity index (χ2n) is 10.7. The van der Waals surface area contributed by atoms with Crippen molar-refractivity contribution in [1.82, 2.24) is 25.1 Å². The van der Waals surface area contributed by atoms with Crippen molar-refractivity contribution in [1.29, 1.82) is 0 Å². The predicted molar refractivity (Wildman–Crippen MR) is 155 cm³/mol. The normalized spacial score (nSPS) is 18.9. The Morgan fingerprint density at radius 3 is 2.67 bits per heavy atom. The monoisotopic (exact) mass is 528 g/mol. The molecule has 0 unspecified atom stereocenters. The van der Waals surface area contributed by atoms with Crippen LogP contribution in [0.1, 0.15) is 38.2 Å². The molecule has 2 N–H and O–H groups in total. The fourth-order valence-corrected chi connectivity index (χ4v) is 5.85. The molecule has 6 rings (SSSR count). The third kappa shape index (κ3) is 5.13. The van der Waals surface area contributed by atoms with Gasteiger partial charge in [-0.2, -0.15) is 5.10 Å². The zero-order valence-corrected chi connectivity index (χ0v) is 22.3. The number of aromatic amines is 2. The molecule has 2 saturated heterocycles. The van der Waals surface area contributed by atoms with E-state index in [9.17, 15) is 8.78 Å². The van der Waals surface area contributed by atoms with Crippen LogP contribution in [0.25, 0.3) is 38.8 Å². The second-order valence-corrected chi connectivity index (χ2v) is 10.7. The minimum atomic E-state index is -2.61. The van der Waals surface area contributed by atoms with Crippen molar-refractivity contribution in [3.05, 3.63) is 72.6 Å². The Hall–Kier alpha value is -3.78. The first-order valence-corrected chi connectivity index (χ1v) is 13.7. The number of fused-ring (bicyclic) bond motifs is 2. The lowest BCUT2D eigenvalue weighted by Crippen LogP contribution is -2.29. The molecule has 0 bridgehead atoms. The summed E-state index contributed by atoms with van der Waals surface area (Å²) in [7, 11) is 0. The SMILES string of the molecule is C=C/C(=C\C(=C/C)c1ccc2[nH]nc(-c3cc4c(N5CCCCC5)cncc4[nH]3)c2c1)CN1CCC(F)(F)C1. The van der Waals surface area contributed by atoms with Gasteiger partial charge < -0.3 is 9.88 Å². The number of likely N-dealkylation sites (tertiary alicyclic amines) is 1. The van der Waals surface area contributed by atoms with Gasteiger partial charge in [-0.1, -0.05) is 30.9 Å². The predicted octanol–water partition coefficient (Wildman–Crippen LogP) is 6.95. The molecule has 0 aliphatic carbocycles. The fraction of sp³-hybridized carbons (Fsp3) is 0.355. The number of piperidine rings is 1. The summed E-state index contributed by atoms with van der Waals surface area (Å²) in [6.45, 7) is 8.70. The average molecular weight is 529 g/mol. The van der Waals surface area contributed by atoms with Crippen LogP contribution in [0.3, 0.4) is 0 Å². The van der Waals surface area contributed by atoms with Gasteiger partial charge >= 0.3 is 0 Å². The third-order valence-electron chi connectivity index (χ3n) is 7.94. The molecule has 0 spiro atoms. The van der Waals surface area contributed by atoms with Gasteiger partial charge in [-0.3, -0.25) is 15.0 Å². The molecule has 2 aliphatic heterocycles. The zero-order chi connectivity index (χ0) is 27.0. The molecule has 0 atom stereocenters. The number of halogens is 2. The molecule has 0 radical (unpaired) electrons. The number of hydrogen-bond donors (Lipinski definition) is 2. The van der Waals surface area contributed by atoms with Crippen LogP contribution in [0.4, 0.5) is 14.5 Å². The Balaban J connectivity index is 1.32. The smallest absolute Gasteiger partial charge is 0.261 e. The molecule has 39 heavy (non-hydrogen) atoms. The first-order valence-electron chi connectivity index (χ1n) is 13.7. The minimum absolute atomic E-state index is 0.0861. The molecular formula is C31H34F2N6. The molecule has 0 amide bonds. The number of nitrogens with zero attached hydrogens (tertiary/aromatic N) is 4. The summed E-state index contributed by atoms with van der Waals surface area (Å²) >= 11 is 0. The Kier molecular flexibility index (Phi) is 6.81. The van der Waals surface area contributed by atoms with Crippen LogP contribution in [0.5, 0.6) is 0 Å². The number of rotatable bonds is 7. The topological polar surface area (TPSA) is 63.8 Å². The van der Waals surface area contributed by atoms with Gasteiger partial charge in [0.05, 0.1) is 41.4 Å². The number of H-pyrrole nitrogens is 2. The molecule has 0 saturated carbocycles. The zero-order valence-electron chi connectivity index (χ0n) is 22.3. The molecule has 2 aliphatic rings. The van der Waals surface area contributed by atoms with Gasteiger partial charge in [-0.25, -0.2) is 8.78 Å². The summed E-state index contributed by atoms with van der Waals surface area (Å²) in [5, 5.41) is 10.0. The first kappa shape index (κ1) is 25.5. The lowest BCUT2D eigenvalue weighted by atomic mass is 10.00.